The number of benzene rings is 1. The van der Waals surface area contributed by atoms with Crippen molar-refractivity contribution in [3.05, 3.63) is 35.9 Å². The van der Waals surface area contributed by atoms with E-state index in [1.165, 1.54) is 63.6 Å². The van der Waals surface area contributed by atoms with Crippen LogP contribution < -0.4 is 16.0 Å². The SMILES string of the molecule is C1CCCCNCCCC1.CC(=O)O.CC1(C)N=CNC(=NCc2ccccc2)N1. The monoisotopic (exact) mass is 417 g/mol. The fraction of sp³-hybridized carbons (Fsp3) is 0.609. The maximum Gasteiger partial charge on any atom is 0.300 e. The molecule has 2 aliphatic rings. The maximum absolute atomic E-state index is 9.00. The Hall–Kier alpha value is -2.41. The average Bonchev–Trinajstić information content (AvgIpc) is 2.71. The minimum Gasteiger partial charge on any atom is -0.481 e. The quantitative estimate of drug-likeness (QED) is 0.585. The van der Waals surface area contributed by atoms with Crippen LogP contribution in [0.2, 0.25) is 0 Å². The van der Waals surface area contributed by atoms with Crippen LogP contribution in [-0.2, 0) is 11.3 Å². The van der Waals surface area contributed by atoms with Crippen molar-refractivity contribution in [1.29, 1.82) is 0 Å². The summed E-state index contributed by atoms with van der Waals surface area (Å²) >= 11 is 0. The summed E-state index contributed by atoms with van der Waals surface area (Å²) < 4.78 is 0. The molecule has 0 bridgehead atoms. The summed E-state index contributed by atoms with van der Waals surface area (Å²) in [6.07, 6.45) is 11.7. The molecule has 7 heteroatoms. The number of nitrogens with one attached hydrogen (secondary N) is 3. The number of aliphatic carboxylic acids is 1. The predicted molar refractivity (Wildman–Crippen MR) is 125 cm³/mol. The standard InChI is InChI=1S/C12H16N4.C9H19N.C2H4O2/c1-12(2)15-9-14-11(16-12)13-8-10-6-4-3-5-7-10;1-2-4-6-8-10-9-7-5-3-1;1-2(3)4/h3-7,9H,8H2,1-2H3,(H2,13,14,15,16);10H,1-9H2;1H3,(H,3,4). The maximum atomic E-state index is 9.00. The highest BCUT2D eigenvalue weighted by molar-refractivity contribution is 5.92. The van der Waals surface area contributed by atoms with Gasteiger partial charge in [-0.2, -0.15) is 0 Å². The first-order valence-corrected chi connectivity index (χ1v) is 11.0. The third-order valence-electron chi connectivity index (χ3n) is 4.48. The Morgan fingerprint density at radius 1 is 1.03 bits per heavy atom. The van der Waals surface area contributed by atoms with E-state index < -0.39 is 5.97 Å². The first kappa shape index (κ1) is 25.6. The summed E-state index contributed by atoms with van der Waals surface area (Å²) in [5.74, 6) is -0.0659. The molecule has 2 aliphatic heterocycles. The second-order valence-corrected chi connectivity index (χ2v) is 7.98. The molecule has 0 amide bonds. The lowest BCUT2D eigenvalue weighted by Crippen LogP contribution is -2.52. The lowest BCUT2D eigenvalue weighted by molar-refractivity contribution is -0.134. The highest BCUT2D eigenvalue weighted by atomic mass is 16.4. The number of hydrogen-bond donors (Lipinski definition) is 4. The number of hydrogen-bond acceptors (Lipinski definition) is 4. The normalized spacial score (nSPS) is 19.6. The van der Waals surface area contributed by atoms with Crippen LogP contribution >= 0.6 is 0 Å². The molecule has 0 saturated carbocycles. The molecular formula is C23H39N5O2. The molecule has 0 radical (unpaired) electrons. The van der Waals surface area contributed by atoms with Gasteiger partial charge >= 0.3 is 0 Å². The average molecular weight is 418 g/mol. The number of aliphatic imine (C=N–C) groups is 2. The van der Waals surface area contributed by atoms with Gasteiger partial charge in [-0.3, -0.25) is 4.79 Å². The summed E-state index contributed by atoms with van der Waals surface area (Å²) in [7, 11) is 0. The van der Waals surface area contributed by atoms with Crippen LogP contribution in [0.25, 0.3) is 0 Å². The minimum atomic E-state index is -0.833. The van der Waals surface area contributed by atoms with Crippen molar-refractivity contribution < 1.29 is 9.90 Å². The van der Waals surface area contributed by atoms with Crippen LogP contribution in [0.4, 0.5) is 0 Å². The number of guanidine groups is 1. The van der Waals surface area contributed by atoms with Gasteiger partial charge < -0.3 is 21.1 Å². The van der Waals surface area contributed by atoms with Gasteiger partial charge in [0.15, 0.2) is 5.96 Å². The van der Waals surface area contributed by atoms with E-state index in [2.05, 4.69) is 38.1 Å². The van der Waals surface area contributed by atoms with Gasteiger partial charge in [0, 0.05) is 6.92 Å². The van der Waals surface area contributed by atoms with Crippen molar-refractivity contribution in [2.75, 3.05) is 13.1 Å². The molecular weight excluding hydrogens is 378 g/mol. The zero-order chi connectivity index (χ0) is 22.1. The van der Waals surface area contributed by atoms with E-state index >= 15 is 0 Å². The topological polar surface area (TPSA) is 98.1 Å². The summed E-state index contributed by atoms with van der Waals surface area (Å²) in [5, 5.41) is 17.1. The Morgan fingerprint density at radius 3 is 2.10 bits per heavy atom. The van der Waals surface area contributed by atoms with Gasteiger partial charge in [0.2, 0.25) is 0 Å². The Bertz CT molecular complexity index is 607. The molecule has 168 valence electrons. The first-order chi connectivity index (χ1) is 14.4. The van der Waals surface area contributed by atoms with Crippen molar-refractivity contribution in [3.8, 4) is 0 Å². The summed E-state index contributed by atoms with van der Waals surface area (Å²) in [4.78, 5) is 17.7. The lowest BCUT2D eigenvalue weighted by Gasteiger charge is -2.27. The van der Waals surface area contributed by atoms with Crippen molar-refractivity contribution in [2.45, 2.75) is 77.9 Å². The van der Waals surface area contributed by atoms with Gasteiger partial charge in [-0.25, -0.2) is 9.98 Å². The molecule has 1 saturated heterocycles. The zero-order valence-corrected chi connectivity index (χ0v) is 18.8. The molecule has 7 nitrogen and oxygen atoms in total. The smallest absolute Gasteiger partial charge is 0.300 e. The van der Waals surface area contributed by atoms with Crippen LogP contribution in [-0.4, -0.2) is 42.1 Å². The second-order valence-electron chi connectivity index (χ2n) is 7.98. The molecule has 4 N–H and O–H groups in total. The van der Waals surface area contributed by atoms with Crippen LogP contribution in [0, 0.1) is 0 Å². The van der Waals surface area contributed by atoms with E-state index in [-0.39, 0.29) is 5.66 Å². The number of rotatable bonds is 2. The Morgan fingerprint density at radius 2 is 1.57 bits per heavy atom. The predicted octanol–water partition coefficient (Wildman–Crippen LogP) is 3.91. The van der Waals surface area contributed by atoms with Gasteiger partial charge in [0.25, 0.3) is 5.97 Å². The number of carboxylic acids is 1. The molecule has 0 aliphatic carbocycles. The van der Waals surface area contributed by atoms with E-state index in [0.717, 1.165) is 12.9 Å². The molecule has 1 aromatic rings. The second kappa shape index (κ2) is 15.4. The molecule has 1 aromatic carbocycles. The van der Waals surface area contributed by atoms with Gasteiger partial charge in [0.1, 0.15) is 5.66 Å². The fourth-order valence-corrected chi connectivity index (χ4v) is 2.96. The van der Waals surface area contributed by atoms with Gasteiger partial charge in [-0.05, 0) is 45.3 Å². The highest BCUT2D eigenvalue weighted by Crippen LogP contribution is 2.08. The Kier molecular flexibility index (Phi) is 13.2. The van der Waals surface area contributed by atoms with E-state index in [0.29, 0.717) is 6.54 Å². The van der Waals surface area contributed by atoms with Gasteiger partial charge in [-0.1, -0.05) is 62.4 Å². The van der Waals surface area contributed by atoms with E-state index in [1.807, 2.05) is 32.0 Å². The first-order valence-electron chi connectivity index (χ1n) is 11.0. The Balaban J connectivity index is 0.000000274. The van der Waals surface area contributed by atoms with Crippen LogP contribution in [0.3, 0.4) is 0 Å². The van der Waals surface area contributed by atoms with E-state index in [1.54, 1.807) is 6.34 Å². The van der Waals surface area contributed by atoms with Gasteiger partial charge in [-0.15, -0.1) is 0 Å². The van der Waals surface area contributed by atoms with Crippen LogP contribution in [0.5, 0.6) is 0 Å². The lowest BCUT2D eigenvalue weighted by atomic mass is 10.1. The molecule has 0 atom stereocenters. The molecule has 0 aromatic heterocycles. The van der Waals surface area contributed by atoms with E-state index in [9.17, 15) is 0 Å². The van der Waals surface area contributed by atoms with Crippen molar-refractivity contribution in [1.82, 2.24) is 16.0 Å². The number of carbonyl (C=O) groups is 1. The third kappa shape index (κ3) is 14.6. The number of nitrogens with zero attached hydrogens (tertiary/aromatic N) is 2. The fourth-order valence-electron chi connectivity index (χ4n) is 2.96. The summed E-state index contributed by atoms with van der Waals surface area (Å²) in [6, 6.07) is 10.2. The van der Waals surface area contributed by atoms with Crippen molar-refractivity contribution in [2.24, 2.45) is 9.98 Å². The Labute approximate surface area is 181 Å². The molecule has 2 heterocycles. The van der Waals surface area contributed by atoms with Crippen molar-refractivity contribution >= 4 is 18.3 Å². The molecule has 3 rings (SSSR count). The van der Waals surface area contributed by atoms with E-state index in [4.69, 9.17) is 9.90 Å². The largest absolute Gasteiger partial charge is 0.481 e. The van der Waals surface area contributed by atoms with Gasteiger partial charge in [0.05, 0.1) is 12.9 Å². The molecule has 0 spiro atoms. The summed E-state index contributed by atoms with van der Waals surface area (Å²) in [5.41, 5.74) is 0.916. The molecule has 1 fully saturated rings. The molecule has 0 unspecified atom stereocenters. The highest BCUT2D eigenvalue weighted by Gasteiger charge is 2.19. The van der Waals surface area contributed by atoms with Crippen LogP contribution in [0.15, 0.2) is 40.3 Å². The summed E-state index contributed by atoms with van der Waals surface area (Å²) in [6.45, 7) is 8.25. The third-order valence-corrected chi connectivity index (χ3v) is 4.48. The van der Waals surface area contributed by atoms with Crippen molar-refractivity contribution in [3.63, 3.8) is 0 Å². The number of carboxylic acid groups (broad SMARTS) is 1. The minimum absolute atomic E-state index is 0.277. The molecule has 30 heavy (non-hydrogen) atoms. The van der Waals surface area contributed by atoms with Crippen LogP contribution in [0.1, 0.15) is 71.3 Å². The zero-order valence-electron chi connectivity index (χ0n) is 18.8.